The van der Waals surface area contributed by atoms with Gasteiger partial charge in [-0.05, 0) is 34.6 Å². The van der Waals surface area contributed by atoms with Crippen LogP contribution in [0.1, 0.15) is 50.8 Å². The Bertz CT molecular complexity index is 1080. The predicted octanol–water partition coefficient (Wildman–Crippen LogP) is 1.55. The number of amides is 2. The molecule has 194 valence electrons. The van der Waals surface area contributed by atoms with Crippen molar-refractivity contribution in [3.05, 3.63) is 23.5 Å². The topological polar surface area (TPSA) is 108 Å². The molecule has 0 radical (unpaired) electrons. The molecule has 10 nitrogen and oxygen atoms in total. The lowest BCUT2D eigenvalue weighted by molar-refractivity contribution is -0.676. The summed E-state index contributed by atoms with van der Waals surface area (Å²) < 4.78 is 9.63. The number of rotatable bonds is 6. The van der Waals surface area contributed by atoms with E-state index in [0.717, 1.165) is 22.5 Å². The fourth-order valence-corrected chi connectivity index (χ4v) is 4.59. The summed E-state index contributed by atoms with van der Waals surface area (Å²) in [5.74, 6) is 0.836. The van der Waals surface area contributed by atoms with E-state index in [-0.39, 0.29) is 12.0 Å². The second kappa shape index (κ2) is 10.4. The Morgan fingerprint density at radius 1 is 1.17 bits per heavy atom. The third kappa shape index (κ3) is 5.70. The number of hydrogen-bond donors (Lipinski definition) is 2. The molecule has 1 fully saturated rings. The zero-order valence-electron chi connectivity index (χ0n) is 22.2. The van der Waals surface area contributed by atoms with Gasteiger partial charge in [-0.1, -0.05) is 0 Å². The number of carbonyl (C=O) groups is 2. The van der Waals surface area contributed by atoms with Crippen LogP contribution < -0.4 is 15.2 Å². The Morgan fingerprint density at radius 2 is 1.77 bits per heavy atom. The molecule has 1 saturated heterocycles. The molecule has 3 N–H and O–H groups in total. The zero-order chi connectivity index (χ0) is 26.1. The number of anilines is 1. The highest BCUT2D eigenvalue weighted by Crippen LogP contribution is 2.28. The average molecular weight is 490 g/mol. The number of fused-ring (bicyclic) bond motifs is 1. The van der Waals surface area contributed by atoms with E-state index in [1.165, 1.54) is 0 Å². The Hall–Kier alpha value is -2.85. The van der Waals surface area contributed by atoms with Gasteiger partial charge < -0.3 is 30.3 Å². The first-order chi connectivity index (χ1) is 16.4. The van der Waals surface area contributed by atoms with Gasteiger partial charge in [0.05, 0.1) is 30.4 Å². The van der Waals surface area contributed by atoms with E-state index in [4.69, 9.17) is 10.5 Å². The number of aliphatic hydroxyl groups is 1. The molecule has 10 heteroatoms. The molecule has 0 aliphatic carbocycles. The molecule has 1 atom stereocenters. The quantitative estimate of drug-likeness (QED) is 0.596. The number of carbonyl (C=O) groups excluding carboxylic acids is 2. The molecule has 0 saturated carbocycles. The number of imidazole rings is 1. The average Bonchev–Trinajstić information content (AvgIpc) is 3.07. The number of aliphatic hydroxyl groups excluding tert-OH is 1. The molecular formula is C25H41N6O4+. The van der Waals surface area contributed by atoms with Gasteiger partial charge in [0.25, 0.3) is 11.7 Å². The van der Waals surface area contributed by atoms with Crippen molar-refractivity contribution < 1.29 is 24.0 Å². The van der Waals surface area contributed by atoms with E-state index in [9.17, 15) is 14.7 Å². The number of benzene rings is 1. The van der Waals surface area contributed by atoms with E-state index in [0.29, 0.717) is 51.4 Å². The van der Waals surface area contributed by atoms with Crippen LogP contribution in [0.4, 0.5) is 10.5 Å². The van der Waals surface area contributed by atoms with Gasteiger partial charge in [0.15, 0.2) is 11.0 Å². The fourth-order valence-electron chi connectivity index (χ4n) is 4.59. The van der Waals surface area contributed by atoms with Gasteiger partial charge in [0.2, 0.25) is 0 Å². The van der Waals surface area contributed by atoms with Gasteiger partial charge in [-0.3, -0.25) is 4.79 Å². The molecule has 35 heavy (non-hydrogen) atoms. The summed E-state index contributed by atoms with van der Waals surface area (Å²) in [6.45, 7) is 12.5. The molecule has 2 aromatic rings. The lowest BCUT2D eigenvalue weighted by atomic mass is 10.1. The van der Waals surface area contributed by atoms with Crippen molar-refractivity contribution in [1.29, 1.82) is 0 Å². The number of nitrogens with zero attached hydrogens (tertiary/aromatic N) is 5. The fraction of sp³-hybridized carbons (Fsp3) is 0.640. The Balaban J connectivity index is 1.96. The first-order valence-corrected chi connectivity index (χ1v) is 12.3. The molecule has 2 amide bonds. The second-order valence-corrected chi connectivity index (χ2v) is 10.3. The summed E-state index contributed by atoms with van der Waals surface area (Å²) in [6.07, 6.45) is -0.885. The van der Waals surface area contributed by atoms with Gasteiger partial charge in [-0.15, -0.1) is 0 Å². The second-order valence-electron chi connectivity index (χ2n) is 10.3. The third-order valence-electron chi connectivity index (χ3n) is 6.17. The molecule has 3 rings (SSSR count). The summed E-state index contributed by atoms with van der Waals surface area (Å²) in [5.41, 5.74) is 8.80. The van der Waals surface area contributed by atoms with Gasteiger partial charge in [-0.2, -0.15) is 0 Å². The molecule has 1 aliphatic heterocycles. The lowest BCUT2D eigenvalue weighted by Gasteiger charge is -2.36. The molecule has 1 aromatic heterocycles. The number of nitrogens with two attached hydrogens (primary N) is 1. The van der Waals surface area contributed by atoms with E-state index >= 15 is 0 Å². The molecule has 0 unspecified atom stereocenters. The van der Waals surface area contributed by atoms with Crippen molar-refractivity contribution in [2.75, 3.05) is 45.2 Å². The number of hydrogen-bond acceptors (Lipinski definition) is 6. The third-order valence-corrected chi connectivity index (χ3v) is 6.17. The molecule has 2 heterocycles. The van der Waals surface area contributed by atoms with Crippen LogP contribution in [0.3, 0.4) is 0 Å². The summed E-state index contributed by atoms with van der Waals surface area (Å²) in [6, 6.07) is 3.95. The van der Waals surface area contributed by atoms with Crippen LogP contribution in [0.15, 0.2) is 12.1 Å². The Labute approximate surface area is 207 Å². The van der Waals surface area contributed by atoms with Crippen molar-refractivity contribution in [2.24, 2.45) is 5.73 Å². The number of aromatic nitrogens is 2. The zero-order valence-corrected chi connectivity index (χ0v) is 22.2. The van der Waals surface area contributed by atoms with Crippen LogP contribution in [0.2, 0.25) is 0 Å². The predicted molar refractivity (Wildman–Crippen MR) is 135 cm³/mol. The van der Waals surface area contributed by atoms with Gasteiger partial charge in [-0.25, -0.2) is 13.9 Å². The molecule has 0 spiro atoms. The minimum Gasteiger partial charge on any atom is -0.444 e. The van der Waals surface area contributed by atoms with Crippen molar-refractivity contribution in [3.8, 4) is 0 Å². The Morgan fingerprint density at radius 3 is 2.26 bits per heavy atom. The van der Waals surface area contributed by atoms with Crippen molar-refractivity contribution in [3.63, 3.8) is 0 Å². The number of aryl methyl sites for hydroxylation is 1. The number of ether oxygens (including phenoxy) is 1. The highest BCUT2D eigenvalue weighted by Gasteiger charge is 2.32. The summed E-state index contributed by atoms with van der Waals surface area (Å²) in [5, 5.41) is 10.1. The van der Waals surface area contributed by atoms with Crippen LogP contribution in [0.25, 0.3) is 11.0 Å². The highest BCUT2D eigenvalue weighted by atomic mass is 16.6. The van der Waals surface area contributed by atoms with Crippen molar-refractivity contribution in [2.45, 2.75) is 66.0 Å². The first-order valence-electron chi connectivity index (χ1n) is 12.3. The van der Waals surface area contributed by atoms with Gasteiger partial charge in [0, 0.05) is 52.4 Å². The van der Waals surface area contributed by atoms with Crippen LogP contribution in [0, 0.1) is 0 Å². The maximum Gasteiger partial charge on any atom is 0.410 e. The highest BCUT2D eigenvalue weighted by molar-refractivity contribution is 6.03. The van der Waals surface area contributed by atoms with E-state index in [1.807, 2.05) is 63.4 Å². The molecule has 1 aromatic carbocycles. The van der Waals surface area contributed by atoms with Crippen LogP contribution in [-0.4, -0.2) is 83.5 Å². The van der Waals surface area contributed by atoms with Crippen LogP contribution >= 0.6 is 0 Å². The molecular weight excluding hydrogens is 448 g/mol. The SMILES string of the molecule is CC[n+]1c(CN)n(C[C@H](C)O)c2cc(N(C)C)c(C(=O)N3CCN(C(=O)OC(C)(C)C)CC3)cc21. The van der Waals surface area contributed by atoms with Crippen LogP contribution in [-0.2, 0) is 24.4 Å². The largest absolute Gasteiger partial charge is 0.444 e. The van der Waals surface area contributed by atoms with E-state index < -0.39 is 11.7 Å². The smallest absolute Gasteiger partial charge is 0.410 e. The number of piperazine rings is 1. The molecule has 1 aliphatic rings. The van der Waals surface area contributed by atoms with Crippen LogP contribution in [0.5, 0.6) is 0 Å². The summed E-state index contributed by atoms with van der Waals surface area (Å²) in [7, 11) is 3.83. The summed E-state index contributed by atoms with van der Waals surface area (Å²) >= 11 is 0. The minimum atomic E-state index is -0.554. The monoisotopic (exact) mass is 489 g/mol. The van der Waals surface area contributed by atoms with Crippen molar-refractivity contribution in [1.82, 2.24) is 14.4 Å². The maximum atomic E-state index is 13.7. The van der Waals surface area contributed by atoms with Gasteiger partial charge >= 0.3 is 6.09 Å². The molecule has 0 bridgehead atoms. The Kier molecular flexibility index (Phi) is 7.96. The van der Waals surface area contributed by atoms with E-state index in [1.54, 1.807) is 16.7 Å². The normalized spacial score (nSPS) is 15.5. The first kappa shape index (κ1) is 26.7. The lowest BCUT2D eigenvalue weighted by Crippen LogP contribution is -2.51. The van der Waals surface area contributed by atoms with Gasteiger partial charge in [0.1, 0.15) is 12.1 Å². The van der Waals surface area contributed by atoms with E-state index in [2.05, 4.69) is 4.57 Å². The van der Waals surface area contributed by atoms with Crippen molar-refractivity contribution >= 4 is 28.7 Å². The standard InChI is InChI=1S/C25H41N6O4/c1-8-30-20-13-18(19(27(6)7)14-21(20)31(16-17(2)32)22(30)15-26)23(33)28-9-11-29(12-10-28)24(34)35-25(3,4)5/h13-14,17,32H,8-12,15-16,26H2,1-7H3/q+1/t17-/m0/s1. The summed E-state index contributed by atoms with van der Waals surface area (Å²) in [4.78, 5) is 31.5. The maximum absolute atomic E-state index is 13.7. The minimum absolute atomic E-state index is 0.0698.